The molecule has 0 N–H and O–H groups in total. The quantitative estimate of drug-likeness (QED) is 0.122. The Labute approximate surface area is 368 Å². The molecule has 0 nitrogen and oxygen atoms in total. The van der Waals surface area contributed by atoms with Gasteiger partial charge in [-0.1, -0.05) is 71.6 Å². The second-order valence-electron chi connectivity index (χ2n) is 14.7. The summed E-state index contributed by atoms with van der Waals surface area (Å²) >= 11 is 36.9. The van der Waals surface area contributed by atoms with Crippen LogP contribution in [0.1, 0.15) is 97.2 Å². The van der Waals surface area contributed by atoms with Crippen LogP contribution in [-0.2, 0) is 49.1 Å². The molecule has 0 saturated heterocycles. The molecule has 6 rings (SSSR count). The largest absolute Gasteiger partial charge is 1.00 e. The number of aryl methyl sites for hydroxylation is 2. The van der Waals surface area contributed by atoms with Crippen LogP contribution in [0.25, 0.3) is 11.1 Å². The summed E-state index contributed by atoms with van der Waals surface area (Å²) < 4.78 is -1.82. The molecule has 5 aromatic rings. The van der Waals surface area contributed by atoms with E-state index in [1.807, 2.05) is 66.7 Å². The van der Waals surface area contributed by atoms with E-state index in [-0.39, 0.29) is 35.6 Å². The fourth-order valence-electron chi connectivity index (χ4n) is 6.21. The molecule has 0 aliphatic heterocycles. The molecule has 0 saturated carbocycles. The molecule has 0 atom stereocenters. The average molecular weight is 934 g/mol. The monoisotopic (exact) mass is 928 g/mol. The SMILES string of the molecule is Cc1[c-]c2c(cc1C(C)(C)C)-c1cc(C(C)(C)C)c(C)cc1C2.ClC(Cl)(Cl)c1cccc([C](=[Zr+2])c2cccc(C(Cl)(Cl)Cl)c2)c1.[Cl-].[Cl-].c1cc[cH-]c1. The van der Waals surface area contributed by atoms with Crippen molar-refractivity contribution in [2.45, 2.75) is 80.2 Å². The zero-order valence-electron chi connectivity index (χ0n) is 30.5. The third-order valence-corrected chi connectivity index (χ3v) is 11.3. The Morgan fingerprint density at radius 1 is 0.635 bits per heavy atom. The van der Waals surface area contributed by atoms with Crippen LogP contribution in [0.3, 0.4) is 0 Å². The zero-order chi connectivity index (χ0) is 37.2. The van der Waals surface area contributed by atoms with Crippen molar-refractivity contribution in [3.8, 4) is 11.1 Å². The van der Waals surface area contributed by atoms with Gasteiger partial charge in [0.25, 0.3) is 0 Å². The molecule has 0 radical (unpaired) electrons. The van der Waals surface area contributed by atoms with Gasteiger partial charge in [0.1, 0.15) is 0 Å². The summed E-state index contributed by atoms with van der Waals surface area (Å²) in [4.78, 5) is 0. The van der Waals surface area contributed by atoms with Crippen LogP contribution in [0.15, 0.2) is 97.1 Å². The van der Waals surface area contributed by atoms with E-state index in [1.165, 1.54) is 68.7 Å². The van der Waals surface area contributed by atoms with Gasteiger partial charge in [-0.15, -0.1) is 16.7 Å². The molecule has 276 valence electrons. The number of rotatable bonds is 2. The van der Waals surface area contributed by atoms with Gasteiger partial charge >= 0.3 is 175 Å². The van der Waals surface area contributed by atoms with Gasteiger partial charge in [0, 0.05) is 0 Å². The minimum absolute atomic E-state index is 0. The summed E-state index contributed by atoms with van der Waals surface area (Å²) in [5.74, 6) is 0. The topological polar surface area (TPSA) is 0 Å². The molecule has 1 aliphatic carbocycles. The molecule has 0 spiro atoms. The van der Waals surface area contributed by atoms with Crippen LogP contribution >= 0.6 is 69.6 Å². The Hall–Kier alpha value is -0.697. The Bertz CT molecular complexity index is 1810. The first-order chi connectivity index (χ1) is 23.1. The molecule has 9 heteroatoms. The summed E-state index contributed by atoms with van der Waals surface area (Å²) in [5, 5.41) is 0. The minimum Gasteiger partial charge on any atom is -1.00 e. The molecule has 0 bridgehead atoms. The van der Waals surface area contributed by atoms with Crippen molar-refractivity contribution >= 4 is 72.8 Å². The Morgan fingerprint density at radius 3 is 1.50 bits per heavy atom. The minimum atomic E-state index is -1.45. The summed E-state index contributed by atoms with van der Waals surface area (Å²) in [5.41, 5.74) is 14.8. The Kier molecular flexibility index (Phi) is 17.3. The van der Waals surface area contributed by atoms with Gasteiger partial charge in [-0.05, 0) is 35.4 Å². The molecule has 0 heterocycles. The molecule has 52 heavy (non-hydrogen) atoms. The van der Waals surface area contributed by atoms with Crippen molar-refractivity contribution < 1.29 is 49.0 Å². The van der Waals surface area contributed by atoms with Crippen molar-refractivity contribution in [3.05, 3.63) is 159 Å². The van der Waals surface area contributed by atoms with E-state index in [0.29, 0.717) is 11.1 Å². The number of hydrogen-bond donors (Lipinski definition) is 0. The van der Waals surface area contributed by atoms with E-state index < -0.39 is 7.59 Å². The smallest absolute Gasteiger partial charge is 0.172 e. The predicted octanol–water partition coefficient (Wildman–Crippen LogP) is 8.14. The van der Waals surface area contributed by atoms with Gasteiger partial charge in [0.15, 0.2) is 0 Å². The maximum Gasteiger partial charge on any atom is -0.172 e. The van der Waals surface area contributed by atoms with Gasteiger partial charge in [0.05, 0.1) is 0 Å². The number of halogens is 8. The second kappa shape index (κ2) is 19.0. The number of alkyl halides is 6. The third kappa shape index (κ3) is 12.4. The average Bonchev–Trinajstić information content (AvgIpc) is 3.70. The van der Waals surface area contributed by atoms with Crippen LogP contribution in [0, 0.1) is 19.9 Å². The van der Waals surface area contributed by atoms with Crippen LogP contribution in [-0.4, -0.2) is 3.21 Å². The van der Waals surface area contributed by atoms with Crippen LogP contribution in [0.2, 0.25) is 0 Å². The predicted molar refractivity (Wildman–Crippen MR) is 217 cm³/mol. The Balaban J connectivity index is 0.000000307. The summed E-state index contributed by atoms with van der Waals surface area (Å²) in [6.45, 7) is 18.2. The standard InChI is InChI=1S/C23H29.C15H8Cl6.C5H5.2ClH.Zr/c1-14-9-16-11-17-10-15(2)21(23(6,7)8)13-19(17)18(16)12-20(14)22(3,4)5;16-14(17,18)12-5-1-3-10(8-12)7-11-4-2-6-13(9-11)15(19,20)21;1-2-4-5-3-1;;;/h9,12-13H,11H2,1-8H3;1-6,8-9H;1-5H;2*1H;/q-1;;-1;;;+2/p-2. The maximum absolute atomic E-state index is 5.94. The molecule has 1 aliphatic rings. The van der Waals surface area contributed by atoms with E-state index in [1.54, 1.807) is 12.1 Å². The van der Waals surface area contributed by atoms with E-state index in [9.17, 15) is 0 Å². The molecule has 0 unspecified atom stereocenters. The van der Waals surface area contributed by atoms with Crippen molar-refractivity contribution in [2.24, 2.45) is 0 Å². The van der Waals surface area contributed by atoms with Crippen molar-refractivity contribution in [3.63, 3.8) is 0 Å². The van der Waals surface area contributed by atoms with Gasteiger partial charge in [0.2, 0.25) is 0 Å². The molecule has 0 fully saturated rings. The van der Waals surface area contributed by atoms with Gasteiger partial charge in [-0.25, -0.2) is 12.1 Å². The van der Waals surface area contributed by atoms with Gasteiger partial charge < -0.3 is 24.8 Å². The van der Waals surface area contributed by atoms with Crippen molar-refractivity contribution in [1.29, 1.82) is 0 Å². The first-order valence-electron chi connectivity index (χ1n) is 16.4. The van der Waals surface area contributed by atoms with E-state index in [4.69, 9.17) is 69.6 Å². The maximum atomic E-state index is 5.94. The van der Waals surface area contributed by atoms with Crippen LogP contribution in [0.5, 0.6) is 0 Å². The van der Waals surface area contributed by atoms with Crippen molar-refractivity contribution in [2.75, 3.05) is 0 Å². The van der Waals surface area contributed by atoms with Gasteiger partial charge in [-0.3, -0.25) is 0 Å². The summed E-state index contributed by atoms with van der Waals surface area (Å²) in [6.07, 6.45) is 1.03. The second-order valence-corrected chi connectivity index (χ2v) is 20.5. The molecular formula is C43H42Cl8Zr-2. The van der Waals surface area contributed by atoms with E-state index >= 15 is 0 Å². The fraction of sp³-hybridized carbons (Fsp3) is 0.302. The van der Waals surface area contributed by atoms with Crippen LogP contribution in [0.4, 0.5) is 0 Å². The molecule has 0 aromatic heterocycles. The number of fused-ring (bicyclic) bond motifs is 3. The van der Waals surface area contributed by atoms with E-state index in [0.717, 1.165) is 20.8 Å². The molecular weight excluding hydrogens is 891 g/mol. The summed E-state index contributed by atoms with van der Waals surface area (Å²) in [7, 11) is 0. The van der Waals surface area contributed by atoms with Crippen LogP contribution < -0.4 is 24.8 Å². The summed E-state index contributed by atoms with van der Waals surface area (Å²) in [6, 6.07) is 35.9. The first kappa shape index (κ1) is 47.5. The van der Waals surface area contributed by atoms with E-state index in [2.05, 4.69) is 79.7 Å². The Morgan fingerprint density at radius 2 is 1.10 bits per heavy atom. The fourth-order valence-corrected chi connectivity index (χ4v) is 7.68. The number of hydrogen-bond acceptors (Lipinski definition) is 0. The first-order valence-corrected chi connectivity index (χ1v) is 19.9. The van der Waals surface area contributed by atoms with Gasteiger partial charge in [-0.2, -0.15) is 35.9 Å². The molecule has 5 aromatic carbocycles. The number of benzene rings is 4. The zero-order valence-corrected chi connectivity index (χ0v) is 39.0. The molecule has 0 amide bonds. The van der Waals surface area contributed by atoms with Crippen molar-refractivity contribution in [1.82, 2.24) is 0 Å². The normalized spacial score (nSPS) is 12.2. The third-order valence-electron chi connectivity index (χ3n) is 8.59.